The highest BCUT2D eigenvalue weighted by molar-refractivity contribution is 6.28. The highest BCUT2D eigenvalue weighted by atomic mass is 14.2. The van der Waals surface area contributed by atoms with Crippen molar-refractivity contribution in [3.8, 4) is 44.5 Å². The van der Waals surface area contributed by atoms with E-state index in [4.69, 9.17) is 0 Å². The van der Waals surface area contributed by atoms with Crippen LogP contribution < -0.4 is 0 Å². The summed E-state index contributed by atoms with van der Waals surface area (Å²) in [5.41, 5.74) is 9.94. The summed E-state index contributed by atoms with van der Waals surface area (Å²) in [6, 6.07) is 71.3. The highest BCUT2D eigenvalue weighted by Gasteiger charge is 2.22. The SMILES string of the molecule is c1ccc(-c2cccc(-c3ccccc3)c2-c2c3ccccc3c(-c3ccc4c5ccccc5c5ccccc5c4c3)c3ccccc23)cc1. The zero-order valence-corrected chi connectivity index (χ0v) is 27.5. The van der Waals surface area contributed by atoms with E-state index in [1.54, 1.807) is 0 Å². The van der Waals surface area contributed by atoms with E-state index >= 15 is 0 Å². The predicted octanol–water partition coefficient (Wildman–Crippen LogP) is 14.1. The van der Waals surface area contributed by atoms with E-state index in [1.165, 1.54) is 98.4 Å². The Bertz CT molecular complexity index is 2750. The minimum atomic E-state index is 1.21. The Balaban J connectivity index is 1.34. The van der Waals surface area contributed by atoms with Crippen LogP contribution in [-0.4, -0.2) is 0 Å². The van der Waals surface area contributed by atoms with Crippen LogP contribution in [0.4, 0.5) is 0 Å². The summed E-state index contributed by atoms with van der Waals surface area (Å²) in [7, 11) is 0. The molecule has 0 unspecified atom stereocenters. The second-order valence-electron chi connectivity index (χ2n) is 13.2. The fraction of sp³-hybridized carbons (Fsp3) is 0. The molecule has 0 aliphatic rings. The maximum Gasteiger partial charge on any atom is -0.00139 e. The summed E-state index contributed by atoms with van der Waals surface area (Å²) in [5, 5.41) is 12.8. The summed E-state index contributed by atoms with van der Waals surface area (Å²) in [6.45, 7) is 0. The van der Waals surface area contributed by atoms with E-state index in [0.717, 1.165) is 0 Å². The van der Waals surface area contributed by atoms with Crippen molar-refractivity contribution in [2.75, 3.05) is 0 Å². The van der Waals surface area contributed by atoms with Gasteiger partial charge in [0.15, 0.2) is 0 Å². The summed E-state index contributed by atoms with van der Waals surface area (Å²) < 4.78 is 0. The second kappa shape index (κ2) is 11.6. The minimum Gasteiger partial charge on any atom is -0.0622 e. The van der Waals surface area contributed by atoms with Gasteiger partial charge >= 0.3 is 0 Å². The Morgan fingerprint density at radius 1 is 0.180 bits per heavy atom. The molecule has 0 bridgehead atoms. The number of hydrogen-bond acceptors (Lipinski definition) is 0. The Morgan fingerprint density at radius 3 is 1.00 bits per heavy atom. The van der Waals surface area contributed by atoms with Gasteiger partial charge in [0.05, 0.1) is 0 Å². The summed E-state index contributed by atoms with van der Waals surface area (Å²) in [5.74, 6) is 0. The Hall–Kier alpha value is -6.50. The molecule has 232 valence electrons. The number of benzene rings is 10. The maximum absolute atomic E-state index is 2.44. The average Bonchev–Trinajstić information content (AvgIpc) is 3.20. The lowest BCUT2D eigenvalue weighted by Crippen LogP contribution is -1.95. The molecule has 0 atom stereocenters. The fourth-order valence-corrected chi connectivity index (χ4v) is 8.31. The number of fused-ring (bicyclic) bond motifs is 8. The second-order valence-corrected chi connectivity index (χ2v) is 13.2. The largest absolute Gasteiger partial charge is 0.0622 e. The van der Waals surface area contributed by atoms with E-state index in [9.17, 15) is 0 Å². The van der Waals surface area contributed by atoms with Crippen molar-refractivity contribution in [1.82, 2.24) is 0 Å². The lowest BCUT2D eigenvalue weighted by molar-refractivity contribution is 1.58. The van der Waals surface area contributed by atoms with Gasteiger partial charge in [0.25, 0.3) is 0 Å². The fourth-order valence-electron chi connectivity index (χ4n) is 8.31. The topological polar surface area (TPSA) is 0 Å². The van der Waals surface area contributed by atoms with Crippen molar-refractivity contribution in [2.45, 2.75) is 0 Å². The van der Waals surface area contributed by atoms with Gasteiger partial charge in [-0.25, -0.2) is 0 Å². The monoisotopic (exact) mass is 632 g/mol. The van der Waals surface area contributed by atoms with Crippen LogP contribution in [0.15, 0.2) is 194 Å². The van der Waals surface area contributed by atoms with E-state index in [0.29, 0.717) is 0 Å². The molecule has 0 nitrogen and oxygen atoms in total. The van der Waals surface area contributed by atoms with Crippen LogP contribution in [-0.2, 0) is 0 Å². The van der Waals surface area contributed by atoms with Crippen LogP contribution in [0, 0.1) is 0 Å². The molecule has 0 spiro atoms. The third kappa shape index (κ3) is 4.39. The zero-order chi connectivity index (χ0) is 33.0. The van der Waals surface area contributed by atoms with Gasteiger partial charge in [-0.3, -0.25) is 0 Å². The molecule has 0 aromatic heterocycles. The first-order valence-electron chi connectivity index (χ1n) is 17.4. The van der Waals surface area contributed by atoms with Gasteiger partial charge in [-0.2, -0.15) is 0 Å². The van der Waals surface area contributed by atoms with Crippen LogP contribution in [0.25, 0.3) is 98.4 Å². The van der Waals surface area contributed by atoms with Crippen LogP contribution in [0.1, 0.15) is 0 Å². The van der Waals surface area contributed by atoms with Crippen molar-refractivity contribution < 1.29 is 0 Å². The predicted molar refractivity (Wildman–Crippen MR) is 216 cm³/mol. The molecule has 0 N–H and O–H groups in total. The van der Waals surface area contributed by atoms with Gasteiger partial charge in [0, 0.05) is 0 Å². The third-order valence-corrected chi connectivity index (χ3v) is 10.4. The molecule has 0 heterocycles. The molecule has 50 heavy (non-hydrogen) atoms. The molecular weight excluding hydrogens is 601 g/mol. The Labute approximate surface area is 291 Å². The molecular formula is C50H32. The van der Waals surface area contributed by atoms with Gasteiger partial charge in [-0.05, 0) is 104 Å². The molecule has 0 amide bonds. The molecule has 0 radical (unpaired) electrons. The zero-order valence-electron chi connectivity index (χ0n) is 27.5. The van der Waals surface area contributed by atoms with E-state index in [2.05, 4.69) is 194 Å². The lowest BCUT2D eigenvalue weighted by Gasteiger charge is -2.22. The normalized spacial score (nSPS) is 11.6. The van der Waals surface area contributed by atoms with Gasteiger partial charge in [-0.1, -0.05) is 188 Å². The van der Waals surface area contributed by atoms with Gasteiger partial charge < -0.3 is 0 Å². The van der Waals surface area contributed by atoms with Crippen molar-refractivity contribution in [2.24, 2.45) is 0 Å². The molecule has 0 aliphatic heterocycles. The summed E-state index contributed by atoms with van der Waals surface area (Å²) >= 11 is 0. The number of hydrogen-bond donors (Lipinski definition) is 0. The first-order chi connectivity index (χ1) is 24.8. The molecule has 0 aliphatic carbocycles. The van der Waals surface area contributed by atoms with E-state index in [-0.39, 0.29) is 0 Å². The van der Waals surface area contributed by atoms with Crippen LogP contribution in [0.5, 0.6) is 0 Å². The molecule has 0 saturated heterocycles. The number of rotatable bonds is 4. The van der Waals surface area contributed by atoms with E-state index < -0.39 is 0 Å². The minimum absolute atomic E-state index is 1.21. The molecule has 10 rings (SSSR count). The van der Waals surface area contributed by atoms with Crippen LogP contribution in [0.3, 0.4) is 0 Å². The summed E-state index contributed by atoms with van der Waals surface area (Å²) in [6.07, 6.45) is 0. The molecule has 0 heteroatoms. The van der Waals surface area contributed by atoms with Crippen LogP contribution >= 0.6 is 0 Å². The Morgan fingerprint density at radius 2 is 0.540 bits per heavy atom. The van der Waals surface area contributed by atoms with Crippen molar-refractivity contribution in [1.29, 1.82) is 0 Å². The van der Waals surface area contributed by atoms with Crippen LogP contribution in [0.2, 0.25) is 0 Å². The standard InChI is InChI=1S/C50H32/c1-3-16-33(17-4-1)36-28-15-29-37(34-18-5-2-6-19-34)49(36)50-45-26-13-11-24-43(45)48(44-25-12-14-27-46(44)50)35-30-31-42-40-22-8-7-20-38(40)39-21-9-10-23-41(39)47(42)32-35/h1-32H. The van der Waals surface area contributed by atoms with Gasteiger partial charge in [0.2, 0.25) is 0 Å². The molecule has 10 aromatic rings. The third-order valence-electron chi connectivity index (χ3n) is 10.4. The summed E-state index contributed by atoms with van der Waals surface area (Å²) in [4.78, 5) is 0. The molecule has 0 saturated carbocycles. The van der Waals surface area contributed by atoms with E-state index in [1.807, 2.05) is 0 Å². The molecule has 10 aromatic carbocycles. The van der Waals surface area contributed by atoms with Crippen molar-refractivity contribution in [3.05, 3.63) is 194 Å². The van der Waals surface area contributed by atoms with Gasteiger partial charge in [0.1, 0.15) is 0 Å². The lowest BCUT2D eigenvalue weighted by atomic mass is 9.80. The van der Waals surface area contributed by atoms with Crippen molar-refractivity contribution in [3.63, 3.8) is 0 Å². The van der Waals surface area contributed by atoms with Crippen molar-refractivity contribution >= 4 is 53.9 Å². The van der Waals surface area contributed by atoms with Gasteiger partial charge in [-0.15, -0.1) is 0 Å². The first-order valence-corrected chi connectivity index (χ1v) is 17.4. The maximum atomic E-state index is 2.44. The quantitative estimate of drug-likeness (QED) is 0.134. The first kappa shape index (κ1) is 28.5. The average molecular weight is 633 g/mol. The highest BCUT2D eigenvalue weighted by Crippen LogP contribution is 2.49. The molecule has 0 fully saturated rings. The Kier molecular flexibility index (Phi) is 6.60. The smallest absolute Gasteiger partial charge is 0.00139 e.